The van der Waals surface area contributed by atoms with Crippen molar-refractivity contribution in [3.05, 3.63) is 89.5 Å². The molecule has 9 heteroatoms. The maximum Gasteiger partial charge on any atom is 0.264 e. The fourth-order valence-electron chi connectivity index (χ4n) is 4.44. The molecule has 3 aromatic rings. The zero-order chi connectivity index (χ0) is 30.2. The average Bonchev–Trinajstić information content (AvgIpc) is 2.96. The van der Waals surface area contributed by atoms with E-state index in [1.807, 2.05) is 52.8 Å². The molecule has 8 nitrogen and oxygen atoms in total. The molecule has 1 N–H and O–H groups in total. The first kappa shape index (κ1) is 31.7. The lowest BCUT2D eigenvalue weighted by molar-refractivity contribution is -0.140. The van der Waals surface area contributed by atoms with Gasteiger partial charge in [0.2, 0.25) is 11.8 Å². The molecule has 2 amide bonds. The van der Waals surface area contributed by atoms with Gasteiger partial charge in [0.1, 0.15) is 18.3 Å². The molecule has 0 saturated heterocycles. The van der Waals surface area contributed by atoms with E-state index < -0.39 is 28.5 Å². The highest BCUT2D eigenvalue weighted by molar-refractivity contribution is 7.92. The smallest absolute Gasteiger partial charge is 0.264 e. The van der Waals surface area contributed by atoms with Crippen LogP contribution in [-0.4, -0.2) is 51.4 Å². The molecular weight excluding hydrogens is 538 g/mol. The third kappa shape index (κ3) is 8.10. The largest absolute Gasteiger partial charge is 0.497 e. The molecule has 0 aliphatic heterocycles. The van der Waals surface area contributed by atoms with Crippen molar-refractivity contribution in [2.45, 2.75) is 58.5 Å². The molecule has 220 valence electrons. The molecule has 0 fully saturated rings. The van der Waals surface area contributed by atoms with Crippen molar-refractivity contribution in [3.63, 3.8) is 0 Å². The Morgan fingerprint density at radius 1 is 0.927 bits per heavy atom. The first-order chi connectivity index (χ1) is 19.5. The van der Waals surface area contributed by atoms with E-state index in [0.29, 0.717) is 24.4 Å². The summed E-state index contributed by atoms with van der Waals surface area (Å²) in [5.74, 6) is 0.0871. The number of aryl methyl sites for hydroxylation is 2. The minimum atomic E-state index is -4.10. The Bertz CT molecular complexity index is 1440. The summed E-state index contributed by atoms with van der Waals surface area (Å²) in [7, 11) is -2.54. The summed E-state index contributed by atoms with van der Waals surface area (Å²) in [5, 5.41) is 2.94. The van der Waals surface area contributed by atoms with Crippen LogP contribution in [0.25, 0.3) is 0 Å². The van der Waals surface area contributed by atoms with Crippen LogP contribution in [-0.2, 0) is 26.2 Å². The quantitative estimate of drug-likeness (QED) is 0.305. The van der Waals surface area contributed by atoms with Crippen LogP contribution >= 0.6 is 0 Å². The van der Waals surface area contributed by atoms with Crippen LogP contribution in [0.15, 0.2) is 77.7 Å². The van der Waals surface area contributed by atoms with Crippen molar-refractivity contribution in [2.75, 3.05) is 24.5 Å². The van der Waals surface area contributed by atoms with Crippen molar-refractivity contribution < 1.29 is 22.7 Å². The molecule has 1 unspecified atom stereocenters. The van der Waals surface area contributed by atoms with E-state index in [9.17, 15) is 18.0 Å². The van der Waals surface area contributed by atoms with Gasteiger partial charge in [0, 0.05) is 13.1 Å². The van der Waals surface area contributed by atoms with E-state index in [1.165, 1.54) is 17.0 Å². The maximum absolute atomic E-state index is 14.2. The van der Waals surface area contributed by atoms with Gasteiger partial charge < -0.3 is 15.0 Å². The van der Waals surface area contributed by atoms with Crippen LogP contribution in [0.2, 0.25) is 0 Å². The fourth-order valence-corrected chi connectivity index (χ4v) is 5.87. The van der Waals surface area contributed by atoms with Crippen LogP contribution in [0.5, 0.6) is 5.75 Å². The lowest BCUT2D eigenvalue weighted by Crippen LogP contribution is -2.52. The number of rotatable bonds is 13. The minimum Gasteiger partial charge on any atom is -0.497 e. The lowest BCUT2D eigenvalue weighted by Gasteiger charge is -2.33. The van der Waals surface area contributed by atoms with E-state index in [1.54, 1.807) is 49.6 Å². The molecule has 0 aliphatic carbocycles. The second-order valence-corrected chi connectivity index (χ2v) is 12.4. The van der Waals surface area contributed by atoms with Crippen molar-refractivity contribution in [1.29, 1.82) is 0 Å². The Kier molecular flexibility index (Phi) is 10.9. The van der Waals surface area contributed by atoms with Crippen LogP contribution in [0, 0.1) is 19.8 Å². The summed E-state index contributed by atoms with van der Waals surface area (Å²) in [6.45, 7) is 9.77. The van der Waals surface area contributed by atoms with E-state index in [2.05, 4.69) is 5.32 Å². The maximum atomic E-state index is 14.2. The number of amides is 2. The van der Waals surface area contributed by atoms with Crippen molar-refractivity contribution in [1.82, 2.24) is 10.2 Å². The van der Waals surface area contributed by atoms with Gasteiger partial charge in [-0.25, -0.2) is 8.42 Å². The third-order valence-electron chi connectivity index (χ3n) is 6.95. The Labute approximate surface area is 244 Å². The molecule has 0 aliphatic rings. The number of benzene rings is 3. The summed E-state index contributed by atoms with van der Waals surface area (Å²) in [6.07, 6.45) is 0.356. The van der Waals surface area contributed by atoms with Crippen LogP contribution < -0.4 is 14.4 Å². The van der Waals surface area contributed by atoms with Gasteiger partial charge in [-0.15, -0.1) is 0 Å². The monoisotopic (exact) mass is 579 g/mol. The topological polar surface area (TPSA) is 96.0 Å². The average molecular weight is 580 g/mol. The molecule has 1 atom stereocenters. The highest BCUT2D eigenvalue weighted by Crippen LogP contribution is 2.27. The molecule has 3 rings (SSSR count). The molecule has 0 spiro atoms. The van der Waals surface area contributed by atoms with Crippen molar-refractivity contribution >= 4 is 27.5 Å². The number of methoxy groups -OCH3 is 1. The number of nitrogens with zero attached hydrogens (tertiary/aromatic N) is 2. The Balaban J connectivity index is 2.07. The Morgan fingerprint density at radius 2 is 1.63 bits per heavy atom. The summed E-state index contributed by atoms with van der Waals surface area (Å²) < 4.78 is 34.4. The molecular formula is C32H41N3O5S. The number of hydrogen-bond donors (Lipinski definition) is 1. The first-order valence-corrected chi connectivity index (χ1v) is 15.3. The molecule has 0 bridgehead atoms. The SMILES string of the molecule is CCC(C(=O)NCC(C)C)N(Cc1cccc(OC)c1)C(=O)CN(c1ccc(C)c(C)c1)S(=O)(=O)c1ccccc1. The van der Waals surface area contributed by atoms with E-state index in [0.717, 1.165) is 21.0 Å². The van der Waals surface area contributed by atoms with E-state index >= 15 is 0 Å². The number of carbonyl (C=O) groups is 2. The van der Waals surface area contributed by atoms with Gasteiger partial charge in [0.05, 0.1) is 17.7 Å². The minimum absolute atomic E-state index is 0.0760. The van der Waals surface area contributed by atoms with E-state index in [-0.39, 0.29) is 23.3 Å². The zero-order valence-electron chi connectivity index (χ0n) is 24.8. The van der Waals surface area contributed by atoms with Crippen molar-refractivity contribution in [3.8, 4) is 5.75 Å². The number of sulfonamides is 1. The predicted molar refractivity (Wildman–Crippen MR) is 162 cm³/mol. The van der Waals surface area contributed by atoms with Gasteiger partial charge in [0.25, 0.3) is 10.0 Å². The Hall–Kier alpha value is -3.85. The van der Waals surface area contributed by atoms with Gasteiger partial charge in [-0.3, -0.25) is 13.9 Å². The second kappa shape index (κ2) is 14.2. The molecule has 0 radical (unpaired) electrons. The highest BCUT2D eigenvalue weighted by atomic mass is 32.2. The van der Waals surface area contributed by atoms with Crippen molar-refractivity contribution in [2.24, 2.45) is 5.92 Å². The second-order valence-electron chi connectivity index (χ2n) is 10.5. The summed E-state index contributed by atoms with van der Waals surface area (Å²) in [6, 6.07) is 19.8. The zero-order valence-corrected chi connectivity index (χ0v) is 25.6. The summed E-state index contributed by atoms with van der Waals surface area (Å²) in [4.78, 5) is 29.0. The normalized spacial score (nSPS) is 12.1. The van der Waals surface area contributed by atoms with Gasteiger partial charge in [-0.1, -0.05) is 57.2 Å². The van der Waals surface area contributed by atoms with Gasteiger partial charge in [-0.05, 0) is 79.3 Å². The summed E-state index contributed by atoms with van der Waals surface area (Å²) in [5.41, 5.74) is 3.04. The van der Waals surface area contributed by atoms with Crippen LogP contribution in [0.3, 0.4) is 0 Å². The number of hydrogen-bond acceptors (Lipinski definition) is 5. The number of carbonyl (C=O) groups excluding carboxylic acids is 2. The van der Waals surface area contributed by atoms with Gasteiger partial charge >= 0.3 is 0 Å². The molecule has 41 heavy (non-hydrogen) atoms. The first-order valence-electron chi connectivity index (χ1n) is 13.8. The summed E-state index contributed by atoms with van der Waals surface area (Å²) >= 11 is 0. The number of ether oxygens (including phenoxy) is 1. The highest BCUT2D eigenvalue weighted by Gasteiger charge is 2.33. The van der Waals surface area contributed by atoms with Crippen LogP contribution in [0.1, 0.15) is 43.9 Å². The molecule has 3 aromatic carbocycles. The third-order valence-corrected chi connectivity index (χ3v) is 8.73. The van der Waals surface area contributed by atoms with Gasteiger partial charge in [-0.2, -0.15) is 0 Å². The van der Waals surface area contributed by atoms with Crippen LogP contribution in [0.4, 0.5) is 5.69 Å². The molecule has 0 heterocycles. The Morgan fingerprint density at radius 3 is 2.24 bits per heavy atom. The molecule has 0 aromatic heterocycles. The number of nitrogens with one attached hydrogen (secondary N) is 1. The molecule has 0 saturated carbocycles. The standard InChI is InChI=1S/C32H41N3O5S/c1-7-30(32(37)33-20-23(2)3)34(21-26-12-11-13-28(19-26)40-6)31(36)22-35(27-17-16-24(4)25(5)18-27)41(38,39)29-14-9-8-10-15-29/h8-19,23,30H,7,20-22H2,1-6H3,(H,33,37). The fraction of sp³-hybridized carbons (Fsp3) is 0.375. The number of anilines is 1. The van der Waals surface area contributed by atoms with E-state index in [4.69, 9.17) is 4.74 Å². The lowest BCUT2D eigenvalue weighted by atomic mass is 10.1. The predicted octanol–water partition coefficient (Wildman–Crippen LogP) is 5.09. The van der Waals surface area contributed by atoms with Gasteiger partial charge in [0.15, 0.2) is 0 Å².